The molecule has 3 rings (SSSR count). The van der Waals surface area contributed by atoms with Gasteiger partial charge in [0.1, 0.15) is 0 Å². The summed E-state index contributed by atoms with van der Waals surface area (Å²) in [5.74, 6) is 1.36. The van der Waals surface area contributed by atoms with Gasteiger partial charge < -0.3 is 9.63 Å². The van der Waals surface area contributed by atoms with Crippen LogP contribution in [0.15, 0.2) is 0 Å². The molecule has 0 amide bonds. The highest BCUT2D eigenvalue weighted by atomic mass is 31.2. The minimum Gasteiger partial charge on any atom is -0.394 e. The lowest BCUT2D eigenvalue weighted by atomic mass is 9.72. The van der Waals surface area contributed by atoms with Crippen LogP contribution < -0.4 is 0 Å². The molecule has 2 aliphatic heterocycles. The van der Waals surface area contributed by atoms with E-state index in [4.69, 9.17) is 9.63 Å². The summed E-state index contributed by atoms with van der Waals surface area (Å²) in [6.45, 7) is 3.93. The standard InChI is InChI=1S/C10H19O3P/c1-7(6-11)13-14(12)4-3-9-5-10(14)8(9)2/h7-11H,3-6H2,1-2H3/t7?,8-,9+,10+,14?/m0/s1. The van der Waals surface area contributed by atoms with E-state index >= 15 is 0 Å². The monoisotopic (exact) mass is 218 g/mol. The summed E-state index contributed by atoms with van der Waals surface area (Å²) in [7, 11) is -2.43. The van der Waals surface area contributed by atoms with Gasteiger partial charge in [0.25, 0.3) is 0 Å². The molecule has 1 aliphatic carbocycles. The van der Waals surface area contributed by atoms with Crippen molar-refractivity contribution in [3.8, 4) is 0 Å². The highest BCUT2D eigenvalue weighted by Gasteiger charge is 2.53. The van der Waals surface area contributed by atoms with Gasteiger partial charge in [0.2, 0.25) is 7.37 Å². The fourth-order valence-electron chi connectivity index (χ4n) is 2.74. The molecule has 2 heterocycles. The van der Waals surface area contributed by atoms with Gasteiger partial charge in [-0.05, 0) is 31.6 Å². The molecule has 0 aromatic rings. The Morgan fingerprint density at radius 2 is 2.36 bits per heavy atom. The Bertz CT molecular complexity index is 264. The fourth-order valence-corrected chi connectivity index (χ4v) is 6.25. The normalized spacial score (nSPS) is 48.4. The third-order valence-electron chi connectivity index (χ3n) is 3.83. The molecule has 0 aromatic heterocycles. The second-order valence-electron chi connectivity index (χ2n) is 4.76. The maximum atomic E-state index is 12.4. The van der Waals surface area contributed by atoms with E-state index in [2.05, 4.69) is 6.92 Å². The molecular formula is C10H19O3P. The van der Waals surface area contributed by atoms with Crippen LogP contribution in [0, 0.1) is 11.8 Å². The molecule has 4 heteroatoms. The number of fused-ring (bicyclic) bond motifs is 2. The number of hydrogen-bond acceptors (Lipinski definition) is 3. The van der Waals surface area contributed by atoms with Crippen LogP contribution in [-0.2, 0) is 9.09 Å². The van der Waals surface area contributed by atoms with Crippen LogP contribution in [-0.4, -0.2) is 29.6 Å². The van der Waals surface area contributed by atoms with E-state index in [-0.39, 0.29) is 18.4 Å². The van der Waals surface area contributed by atoms with Gasteiger partial charge in [0, 0.05) is 11.8 Å². The van der Waals surface area contributed by atoms with Crippen LogP contribution in [0.2, 0.25) is 0 Å². The minimum absolute atomic E-state index is 0.0332. The Morgan fingerprint density at radius 3 is 2.86 bits per heavy atom. The van der Waals surface area contributed by atoms with Gasteiger partial charge in [-0.25, -0.2) is 0 Å². The highest BCUT2D eigenvalue weighted by Crippen LogP contribution is 2.68. The Hall–Kier alpha value is 0.150. The largest absolute Gasteiger partial charge is 0.394 e. The average molecular weight is 218 g/mol. The van der Waals surface area contributed by atoms with Gasteiger partial charge in [-0.3, -0.25) is 4.57 Å². The van der Waals surface area contributed by atoms with Crippen molar-refractivity contribution in [1.29, 1.82) is 0 Å². The first kappa shape index (κ1) is 10.7. The lowest BCUT2D eigenvalue weighted by Gasteiger charge is -2.51. The zero-order valence-corrected chi connectivity index (χ0v) is 9.74. The van der Waals surface area contributed by atoms with Crippen molar-refractivity contribution in [2.24, 2.45) is 11.8 Å². The van der Waals surface area contributed by atoms with Crippen molar-refractivity contribution >= 4 is 7.37 Å². The first-order valence-corrected chi connectivity index (χ1v) is 7.33. The van der Waals surface area contributed by atoms with Crippen LogP contribution in [0.3, 0.4) is 0 Å². The predicted molar refractivity (Wildman–Crippen MR) is 55.8 cm³/mol. The van der Waals surface area contributed by atoms with Crippen molar-refractivity contribution in [2.75, 3.05) is 12.8 Å². The molecule has 14 heavy (non-hydrogen) atoms. The summed E-state index contributed by atoms with van der Waals surface area (Å²) in [6.07, 6.45) is 2.59. The van der Waals surface area contributed by atoms with Gasteiger partial charge in [-0.1, -0.05) is 6.92 Å². The number of aliphatic hydroxyl groups excluding tert-OH is 1. The van der Waals surface area contributed by atoms with Crippen LogP contribution in [0.5, 0.6) is 0 Å². The van der Waals surface area contributed by atoms with E-state index in [0.29, 0.717) is 5.92 Å². The number of hydrogen-bond donors (Lipinski definition) is 1. The lowest BCUT2D eigenvalue weighted by Crippen LogP contribution is -2.45. The average Bonchev–Trinajstić information content (AvgIpc) is 2.15. The third-order valence-corrected chi connectivity index (χ3v) is 7.12. The third kappa shape index (κ3) is 1.56. The molecule has 0 spiro atoms. The van der Waals surface area contributed by atoms with E-state index in [0.717, 1.165) is 24.9 Å². The van der Waals surface area contributed by atoms with Gasteiger partial charge in [-0.2, -0.15) is 0 Å². The van der Waals surface area contributed by atoms with Gasteiger partial charge >= 0.3 is 0 Å². The maximum Gasteiger partial charge on any atom is 0.206 e. The summed E-state index contributed by atoms with van der Waals surface area (Å²) in [6, 6.07) is 0. The molecule has 0 radical (unpaired) electrons. The number of rotatable bonds is 3. The Labute approximate surface area is 85.3 Å². The maximum absolute atomic E-state index is 12.4. The fraction of sp³-hybridized carbons (Fsp3) is 1.00. The van der Waals surface area contributed by atoms with Crippen LogP contribution in [0.25, 0.3) is 0 Å². The summed E-state index contributed by atoms with van der Waals surface area (Å²) in [5.41, 5.74) is 0.287. The van der Waals surface area contributed by atoms with E-state index in [9.17, 15) is 4.57 Å². The van der Waals surface area contributed by atoms with Crippen molar-refractivity contribution < 1.29 is 14.2 Å². The number of aliphatic hydroxyl groups is 1. The van der Waals surface area contributed by atoms with Crippen LogP contribution >= 0.6 is 7.37 Å². The minimum atomic E-state index is -2.43. The molecule has 3 fully saturated rings. The van der Waals surface area contributed by atoms with Gasteiger partial charge in [0.05, 0.1) is 12.7 Å². The molecule has 2 saturated heterocycles. The van der Waals surface area contributed by atoms with Crippen molar-refractivity contribution in [2.45, 2.75) is 38.5 Å². The topological polar surface area (TPSA) is 46.5 Å². The SMILES string of the molecule is CC(CO)OP1(=O)CC[C@@H]2C[C@@H]1[C@H]2C. The van der Waals surface area contributed by atoms with Crippen LogP contribution in [0.1, 0.15) is 26.7 Å². The quantitative estimate of drug-likeness (QED) is 0.738. The highest BCUT2D eigenvalue weighted by molar-refractivity contribution is 7.60. The van der Waals surface area contributed by atoms with E-state index in [1.807, 2.05) is 0 Å². The molecule has 2 bridgehead atoms. The Balaban J connectivity index is 2.04. The molecule has 2 unspecified atom stereocenters. The molecule has 3 nitrogen and oxygen atoms in total. The Morgan fingerprint density at radius 1 is 1.64 bits per heavy atom. The van der Waals surface area contributed by atoms with Crippen molar-refractivity contribution in [3.05, 3.63) is 0 Å². The molecule has 5 atom stereocenters. The van der Waals surface area contributed by atoms with Gasteiger partial charge in [-0.15, -0.1) is 0 Å². The predicted octanol–water partition coefficient (Wildman–Crippen LogP) is 2.09. The smallest absolute Gasteiger partial charge is 0.206 e. The summed E-state index contributed by atoms with van der Waals surface area (Å²) >= 11 is 0. The van der Waals surface area contributed by atoms with Crippen molar-refractivity contribution in [1.82, 2.24) is 0 Å². The molecule has 1 N–H and O–H groups in total. The zero-order chi connectivity index (χ0) is 10.3. The molecule has 0 aromatic carbocycles. The van der Waals surface area contributed by atoms with Gasteiger partial charge in [0.15, 0.2) is 0 Å². The van der Waals surface area contributed by atoms with E-state index in [1.54, 1.807) is 6.92 Å². The molecule has 82 valence electrons. The molecule has 3 aliphatic rings. The first-order valence-electron chi connectivity index (χ1n) is 5.45. The van der Waals surface area contributed by atoms with E-state index < -0.39 is 7.37 Å². The second-order valence-corrected chi connectivity index (χ2v) is 7.53. The Kier molecular flexibility index (Phi) is 2.76. The molecule has 1 saturated carbocycles. The lowest BCUT2D eigenvalue weighted by molar-refractivity contribution is 0.101. The molecular weight excluding hydrogens is 199 g/mol. The second kappa shape index (κ2) is 3.62. The summed E-state index contributed by atoms with van der Waals surface area (Å²) < 4.78 is 18.0. The van der Waals surface area contributed by atoms with Crippen molar-refractivity contribution in [3.63, 3.8) is 0 Å². The zero-order valence-electron chi connectivity index (χ0n) is 8.85. The van der Waals surface area contributed by atoms with E-state index in [1.165, 1.54) is 0 Å². The van der Waals surface area contributed by atoms with Crippen LogP contribution in [0.4, 0.5) is 0 Å². The summed E-state index contributed by atoms with van der Waals surface area (Å²) in [5, 5.41) is 8.90. The summed E-state index contributed by atoms with van der Waals surface area (Å²) in [4.78, 5) is 0. The first-order chi connectivity index (χ1) is 6.57.